The number of imidazole rings is 1. The van der Waals surface area contributed by atoms with Gasteiger partial charge in [-0.2, -0.15) is 0 Å². The van der Waals surface area contributed by atoms with Crippen molar-refractivity contribution in [2.75, 3.05) is 0 Å². The van der Waals surface area contributed by atoms with Gasteiger partial charge in [0.1, 0.15) is 5.82 Å². The van der Waals surface area contributed by atoms with Crippen LogP contribution in [-0.2, 0) is 4.79 Å². The maximum Gasteiger partial charge on any atom is 0.309 e. The molecule has 21 heavy (non-hydrogen) atoms. The minimum absolute atomic E-state index is 0.102. The van der Waals surface area contributed by atoms with E-state index in [0.29, 0.717) is 11.4 Å². The van der Waals surface area contributed by atoms with Crippen molar-refractivity contribution in [3.63, 3.8) is 0 Å². The largest absolute Gasteiger partial charge is 0.481 e. The average molecular weight is 307 g/mol. The molecule has 5 heteroatoms. The maximum absolute atomic E-state index is 11.7. The molecule has 2 N–H and O–H groups in total. The van der Waals surface area contributed by atoms with Crippen LogP contribution in [0.2, 0.25) is 5.02 Å². The third-order valence-electron chi connectivity index (χ3n) is 5.49. The van der Waals surface area contributed by atoms with Crippen LogP contribution in [0.3, 0.4) is 0 Å². The molecule has 1 aliphatic carbocycles. The Labute approximate surface area is 128 Å². The second-order valence-corrected chi connectivity index (χ2v) is 7.17. The Hall–Kier alpha value is -1.55. The van der Waals surface area contributed by atoms with Crippen LogP contribution in [-0.4, -0.2) is 21.0 Å². The zero-order valence-corrected chi connectivity index (χ0v) is 13.2. The minimum Gasteiger partial charge on any atom is -0.481 e. The molecule has 0 saturated heterocycles. The number of H-pyrrole nitrogens is 1. The summed E-state index contributed by atoms with van der Waals surface area (Å²) in [6.07, 6.45) is 1.49. The van der Waals surface area contributed by atoms with Gasteiger partial charge in [-0.15, -0.1) is 0 Å². The summed E-state index contributed by atoms with van der Waals surface area (Å²) in [5.41, 5.74) is 0.677. The van der Waals surface area contributed by atoms with E-state index in [2.05, 4.69) is 9.97 Å². The lowest BCUT2D eigenvalue weighted by atomic mass is 9.65. The van der Waals surface area contributed by atoms with E-state index >= 15 is 0 Å². The molecule has 0 spiro atoms. The first kappa shape index (κ1) is 14.4. The van der Waals surface area contributed by atoms with Crippen LogP contribution < -0.4 is 0 Å². The number of aromatic nitrogens is 2. The first-order valence-electron chi connectivity index (χ1n) is 7.14. The number of nitrogens with zero attached hydrogens (tertiary/aromatic N) is 1. The van der Waals surface area contributed by atoms with E-state index in [9.17, 15) is 9.90 Å². The van der Waals surface area contributed by atoms with E-state index in [1.807, 2.05) is 39.0 Å². The number of nitrogens with one attached hydrogen (secondary N) is 1. The molecule has 4 nitrogen and oxygen atoms in total. The van der Waals surface area contributed by atoms with Crippen LogP contribution in [0, 0.1) is 10.8 Å². The number of hydrogen-bond acceptors (Lipinski definition) is 2. The van der Waals surface area contributed by atoms with Gasteiger partial charge in [-0.3, -0.25) is 4.79 Å². The molecule has 0 bridgehead atoms. The minimum atomic E-state index is -0.728. The van der Waals surface area contributed by atoms with Crippen LogP contribution in [0.25, 0.3) is 11.0 Å². The number of carbonyl (C=O) groups is 1. The van der Waals surface area contributed by atoms with Gasteiger partial charge in [-0.05, 0) is 43.4 Å². The van der Waals surface area contributed by atoms with E-state index in [4.69, 9.17) is 11.6 Å². The number of fused-ring (bicyclic) bond motifs is 1. The number of halogens is 1. The molecule has 1 saturated carbocycles. The smallest absolute Gasteiger partial charge is 0.309 e. The fourth-order valence-corrected chi connectivity index (χ4v) is 3.70. The summed E-state index contributed by atoms with van der Waals surface area (Å²) < 4.78 is 0. The number of carboxylic acids is 1. The number of hydrogen-bond donors (Lipinski definition) is 2. The lowest BCUT2D eigenvalue weighted by Crippen LogP contribution is -2.40. The highest BCUT2D eigenvalue weighted by Gasteiger charge is 2.57. The van der Waals surface area contributed by atoms with Crippen molar-refractivity contribution < 1.29 is 9.90 Å². The molecule has 0 aliphatic heterocycles. The maximum atomic E-state index is 11.7. The molecule has 3 rings (SSSR count). The van der Waals surface area contributed by atoms with Gasteiger partial charge in [-0.1, -0.05) is 25.4 Å². The van der Waals surface area contributed by atoms with Crippen molar-refractivity contribution in [1.82, 2.24) is 9.97 Å². The van der Waals surface area contributed by atoms with Gasteiger partial charge in [0.2, 0.25) is 0 Å². The first-order chi connectivity index (χ1) is 9.75. The lowest BCUT2D eigenvalue weighted by molar-refractivity contribution is -0.153. The van der Waals surface area contributed by atoms with Crippen LogP contribution in [0.15, 0.2) is 18.2 Å². The van der Waals surface area contributed by atoms with E-state index < -0.39 is 11.4 Å². The number of benzene rings is 1. The molecule has 1 fully saturated rings. The summed E-state index contributed by atoms with van der Waals surface area (Å²) in [5.74, 6) is 0.237. The number of aromatic amines is 1. The van der Waals surface area contributed by atoms with E-state index in [0.717, 1.165) is 23.3 Å². The Balaban J connectivity index is 2.05. The molecule has 2 aromatic rings. The molecule has 1 aromatic carbocycles. The van der Waals surface area contributed by atoms with Gasteiger partial charge >= 0.3 is 5.97 Å². The van der Waals surface area contributed by atoms with Crippen molar-refractivity contribution in [2.24, 2.45) is 10.8 Å². The molecular formula is C16H19ClN2O2. The topological polar surface area (TPSA) is 66.0 Å². The first-order valence-corrected chi connectivity index (χ1v) is 7.52. The van der Waals surface area contributed by atoms with Crippen molar-refractivity contribution in [1.29, 1.82) is 0 Å². The Morgan fingerprint density at radius 3 is 2.76 bits per heavy atom. The third kappa shape index (κ3) is 1.96. The predicted molar refractivity (Wildman–Crippen MR) is 82.6 cm³/mol. The van der Waals surface area contributed by atoms with Crippen molar-refractivity contribution in [3.05, 3.63) is 29.0 Å². The Morgan fingerprint density at radius 1 is 1.43 bits per heavy atom. The molecule has 0 radical (unpaired) electrons. The van der Waals surface area contributed by atoms with Crippen molar-refractivity contribution >= 4 is 28.6 Å². The summed E-state index contributed by atoms with van der Waals surface area (Å²) in [7, 11) is 0. The molecule has 1 aliphatic rings. The Kier molecular flexibility index (Phi) is 3.06. The van der Waals surface area contributed by atoms with Gasteiger partial charge in [0, 0.05) is 10.9 Å². The van der Waals surface area contributed by atoms with Gasteiger partial charge in [0.25, 0.3) is 0 Å². The fraction of sp³-hybridized carbons (Fsp3) is 0.500. The summed E-state index contributed by atoms with van der Waals surface area (Å²) in [4.78, 5) is 19.7. The summed E-state index contributed by atoms with van der Waals surface area (Å²) >= 11 is 6.01. The van der Waals surface area contributed by atoms with Gasteiger partial charge in [0.15, 0.2) is 0 Å². The Bertz CT molecular complexity index is 722. The molecule has 1 heterocycles. The molecule has 2 atom stereocenters. The average Bonchev–Trinajstić information content (AvgIpc) is 2.89. The normalized spacial score (nSPS) is 28.1. The van der Waals surface area contributed by atoms with E-state index in [1.165, 1.54) is 0 Å². The quantitative estimate of drug-likeness (QED) is 0.873. The zero-order valence-electron chi connectivity index (χ0n) is 12.4. The molecule has 0 unspecified atom stereocenters. The number of carboxylic acid groups (broad SMARTS) is 1. The highest BCUT2D eigenvalue weighted by atomic mass is 35.5. The molecule has 0 amide bonds. The number of rotatable bonds is 2. The summed E-state index contributed by atoms with van der Waals surface area (Å²) in [6, 6.07) is 5.55. The Morgan fingerprint density at radius 2 is 2.14 bits per heavy atom. The highest BCUT2D eigenvalue weighted by molar-refractivity contribution is 6.31. The molecule has 112 valence electrons. The SMILES string of the molecule is CC1(C)[C@H](c2nc3ccc(Cl)cc3[nH]2)CC[C@]1(C)C(=O)O. The fourth-order valence-electron chi connectivity index (χ4n) is 3.53. The van der Waals surface area contributed by atoms with Crippen LogP contribution >= 0.6 is 11.6 Å². The second kappa shape index (κ2) is 4.47. The van der Waals surface area contributed by atoms with Crippen molar-refractivity contribution in [3.8, 4) is 0 Å². The number of aliphatic carboxylic acids is 1. The van der Waals surface area contributed by atoms with Crippen LogP contribution in [0.5, 0.6) is 0 Å². The predicted octanol–water partition coefficient (Wildman–Crippen LogP) is 4.21. The zero-order chi connectivity index (χ0) is 15.4. The second-order valence-electron chi connectivity index (χ2n) is 6.73. The van der Waals surface area contributed by atoms with E-state index in [-0.39, 0.29) is 11.3 Å². The third-order valence-corrected chi connectivity index (χ3v) is 5.73. The van der Waals surface area contributed by atoms with Gasteiger partial charge in [0.05, 0.1) is 16.4 Å². The van der Waals surface area contributed by atoms with E-state index in [1.54, 1.807) is 0 Å². The highest BCUT2D eigenvalue weighted by Crippen LogP contribution is 2.59. The molecule has 1 aromatic heterocycles. The summed E-state index contributed by atoms with van der Waals surface area (Å²) in [5, 5.41) is 10.3. The van der Waals surface area contributed by atoms with Crippen LogP contribution in [0.4, 0.5) is 0 Å². The standard InChI is InChI=1S/C16H19ClN2O2/c1-15(2)10(6-7-16(15,3)14(20)21)13-18-11-5-4-9(17)8-12(11)19-13/h4-5,8,10H,6-7H2,1-3H3,(H,18,19)(H,20,21)/t10-,16+/m0/s1. The summed E-state index contributed by atoms with van der Waals surface area (Å²) in [6.45, 7) is 5.90. The van der Waals surface area contributed by atoms with Crippen molar-refractivity contribution in [2.45, 2.75) is 39.5 Å². The van der Waals surface area contributed by atoms with Gasteiger partial charge in [-0.25, -0.2) is 4.98 Å². The monoisotopic (exact) mass is 306 g/mol. The van der Waals surface area contributed by atoms with Gasteiger partial charge < -0.3 is 10.1 Å². The van der Waals surface area contributed by atoms with Crippen LogP contribution in [0.1, 0.15) is 45.4 Å². The molecular weight excluding hydrogens is 288 g/mol. The lowest BCUT2D eigenvalue weighted by Gasteiger charge is -2.37.